The van der Waals surface area contributed by atoms with Crippen molar-refractivity contribution in [3.63, 3.8) is 0 Å². The summed E-state index contributed by atoms with van der Waals surface area (Å²) < 4.78 is 98.4. The first-order chi connectivity index (χ1) is 12.5. The van der Waals surface area contributed by atoms with E-state index in [1.54, 1.807) is 6.92 Å². The van der Waals surface area contributed by atoms with Crippen LogP contribution in [0.15, 0.2) is 42.2 Å². The van der Waals surface area contributed by atoms with Crippen molar-refractivity contribution in [3.8, 4) is 11.5 Å². The molecule has 0 amide bonds. The van der Waals surface area contributed by atoms with Crippen LogP contribution in [-0.4, -0.2) is 12.3 Å². The standard InChI is InChI=1S/C17H9F7O3/c1-8-2-4-9(5-3-8)13(20)14(21)16(25)26-10-6-11(18)15(12(19)7-10)27-17(22,23)24/h2-7H,1H3/b14-13+. The number of rotatable bonds is 4. The Labute approximate surface area is 147 Å². The van der Waals surface area contributed by atoms with Crippen LogP contribution in [-0.2, 0) is 4.79 Å². The van der Waals surface area contributed by atoms with Crippen LogP contribution in [0.5, 0.6) is 11.5 Å². The van der Waals surface area contributed by atoms with Crippen LogP contribution in [0, 0.1) is 18.6 Å². The third-order valence-electron chi connectivity index (χ3n) is 3.08. The zero-order valence-corrected chi connectivity index (χ0v) is 13.3. The topological polar surface area (TPSA) is 35.5 Å². The summed E-state index contributed by atoms with van der Waals surface area (Å²) >= 11 is 0. The number of carbonyl (C=O) groups is 1. The summed E-state index contributed by atoms with van der Waals surface area (Å²) in [5, 5.41) is 0. The number of hydrogen-bond donors (Lipinski definition) is 0. The second kappa shape index (κ2) is 7.68. The number of alkyl halides is 3. The molecule has 0 heterocycles. The largest absolute Gasteiger partial charge is 0.573 e. The van der Waals surface area contributed by atoms with Gasteiger partial charge in [-0.3, -0.25) is 0 Å². The normalized spacial score (nSPS) is 12.4. The van der Waals surface area contributed by atoms with Gasteiger partial charge in [0.1, 0.15) is 5.75 Å². The van der Waals surface area contributed by atoms with Crippen molar-refractivity contribution in [2.24, 2.45) is 0 Å². The second-order valence-electron chi connectivity index (χ2n) is 5.15. The van der Waals surface area contributed by atoms with E-state index in [9.17, 15) is 35.5 Å². The first kappa shape index (κ1) is 20.3. The minimum absolute atomic E-state index is 0.152. The molecule has 2 aromatic rings. The highest BCUT2D eigenvalue weighted by Gasteiger charge is 2.34. The molecule has 0 aromatic heterocycles. The molecule has 144 valence electrons. The molecule has 0 saturated carbocycles. The molecule has 10 heteroatoms. The van der Waals surface area contributed by atoms with Gasteiger partial charge in [-0.05, 0) is 6.92 Å². The highest BCUT2D eigenvalue weighted by molar-refractivity contribution is 5.94. The summed E-state index contributed by atoms with van der Waals surface area (Å²) in [6.45, 7) is 1.69. The van der Waals surface area contributed by atoms with Crippen LogP contribution in [0.3, 0.4) is 0 Å². The van der Waals surface area contributed by atoms with Crippen LogP contribution in [0.25, 0.3) is 5.83 Å². The minimum Gasteiger partial charge on any atom is -0.421 e. The lowest BCUT2D eigenvalue weighted by molar-refractivity contribution is -0.276. The Kier molecular flexibility index (Phi) is 5.77. The van der Waals surface area contributed by atoms with Crippen LogP contribution < -0.4 is 9.47 Å². The van der Waals surface area contributed by atoms with E-state index in [0.29, 0.717) is 0 Å². The van der Waals surface area contributed by atoms with Crippen LogP contribution >= 0.6 is 0 Å². The number of hydrogen-bond acceptors (Lipinski definition) is 3. The Morgan fingerprint density at radius 3 is 1.96 bits per heavy atom. The second-order valence-corrected chi connectivity index (χ2v) is 5.15. The predicted octanol–water partition coefficient (Wildman–Crippen LogP) is 5.39. The van der Waals surface area contributed by atoms with Gasteiger partial charge in [-0.2, -0.15) is 4.39 Å². The molecule has 0 spiro atoms. The van der Waals surface area contributed by atoms with E-state index in [-0.39, 0.29) is 17.7 Å². The van der Waals surface area contributed by atoms with Crippen molar-refractivity contribution >= 4 is 11.8 Å². The molecule has 0 saturated heterocycles. The maximum absolute atomic E-state index is 13.9. The van der Waals surface area contributed by atoms with Crippen molar-refractivity contribution in [3.05, 3.63) is 65.0 Å². The molecular formula is C17H9F7O3. The van der Waals surface area contributed by atoms with E-state index in [4.69, 9.17) is 0 Å². The van der Waals surface area contributed by atoms with Gasteiger partial charge < -0.3 is 9.47 Å². The monoisotopic (exact) mass is 394 g/mol. The van der Waals surface area contributed by atoms with Gasteiger partial charge in [0.25, 0.3) is 0 Å². The number of carbonyl (C=O) groups excluding carboxylic acids is 1. The van der Waals surface area contributed by atoms with Gasteiger partial charge in [-0.25, -0.2) is 18.0 Å². The summed E-state index contributed by atoms with van der Waals surface area (Å²) in [7, 11) is 0. The molecule has 2 aromatic carbocycles. The first-order valence-electron chi connectivity index (χ1n) is 7.07. The number of esters is 1. The maximum Gasteiger partial charge on any atom is 0.573 e. The Balaban J connectivity index is 2.24. The van der Waals surface area contributed by atoms with E-state index >= 15 is 0 Å². The van der Waals surface area contributed by atoms with Crippen molar-refractivity contribution in [1.82, 2.24) is 0 Å². The molecule has 0 N–H and O–H groups in total. The lowest BCUT2D eigenvalue weighted by atomic mass is 10.1. The third-order valence-corrected chi connectivity index (χ3v) is 3.08. The highest BCUT2D eigenvalue weighted by atomic mass is 19.4. The zero-order chi connectivity index (χ0) is 20.4. The molecular weight excluding hydrogens is 385 g/mol. The predicted molar refractivity (Wildman–Crippen MR) is 79.0 cm³/mol. The molecule has 0 aliphatic heterocycles. The van der Waals surface area contributed by atoms with Gasteiger partial charge in [0.05, 0.1) is 0 Å². The number of ether oxygens (including phenoxy) is 2. The Hall–Kier alpha value is -3.04. The van der Waals surface area contributed by atoms with Gasteiger partial charge >= 0.3 is 12.3 Å². The fourth-order valence-electron chi connectivity index (χ4n) is 1.88. The SMILES string of the molecule is Cc1ccc(/C(F)=C(\F)C(=O)Oc2cc(F)c(OC(F)(F)F)c(F)c2)cc1. The lowest BCUT2D eigenvalue weighted by Gasteiger charge is -2.11. The van der Waals surface area contributed by atoms with Gasteiger partial charge in [0.15, 0.2) is 17.5 Å². The third kappa shape index (κ3) is 5.22. The Bertz CT molecular complexity index is 863. The van der Waals surface area contributed by atoms with E-state index in [0.717, 1.165) is 5.56 Å². The fraction of sp³-hybridized carbons (Fsp3) is 0.118. The maximum atomic E-state index is 13.9. The minimum atomic E-state index is -5.37. The summed E-state index contributed by atoms with van der Waals surface area (Å²) in [5.41, 5.74) is 0.447. The van der Waals surface area contributed by atoms with E-state index < -0.39 is 47.1 Å². The molecule has 0 unspecified atom stereocenters. The molecule has 0 bridgehead atoms. The lowest BCUT2D eigenvalue weighted by Crippen LogP contribution is -2.19. The molecule has 0 aliphatic carbocycles. The van der Waals surface area contributed by atoms with Crippen LogP contribution in [0.1, 0.15) is 11.1 Å². The van der Waals surface area contributed by atoms with Crippen molar-refractivity contribution < 1.29 is 45.0 Å². The average Bonchev–Trinajstić information content (AvgIpc) is 2.56. The van der Waals surface area contributed by atoms with Gasteiger partial charge in [-0.1, -0.05) is 29.8 Å². The smallest absolute Gasteiger partial charge is 0.421 e. The number of halogens is 7. The molecule has 0 atom stereocenters. The molecule has 0 radical (unpaired) electrons. The number of aryl methyl sites for hydroxylation is 1. The molecule has 0 fully saturated rings. The summed E-state index contributed by atoms with van der Waals surface area (Å²) in [4.78, 5) is 11.6. The van der Waals surface area contributed by atoms with Gasteiger partial charge in [0, 0.05) is 17.7 Å². The van der Waals surface area contributed by atoms with E-state index in [1.807, 2.05) is 0 Å². The average molecular weight is 394 g/mol. The number of benzene rings is 2. The summed E-state index contributed by atoms with van der Waals surface area (Å²) in [6.07, 6.45) is -5.37. The molecule has 0 aliphatic rings. The van der Waals surface area contributed by atoms with E-state index in [2.05, 4.69) is 9.47 Å². The zero-order valence-electron chi connectivity index (χ0n) is 13.3. The van der Waals surface area contributed by atoms with E-state index in [1.165, 1.54) is 24.3 Å². The van der Waals surface area contributed by atoms with Crippen molar-refractivity contribution in [2.45, 2.75) is 13.3 Å². The fourth-order valence-corrected chi connectivity index (χ4v) is 1.88. The van der Waals surface area contributed by atoms with Gasteiger partial charge in [0.2, 0.25) is 11.6 Å². The Morgan fingerprint density at radius 2 is 1.48 bits per heavy atom. The van der Waals surface area contributed by atoms with Crippen LogP contribution in [0.4, 0.5) is 30.7 Å². The van der Waals surface area contributed by atoms with Crippen LogP contribution in [0.2, 0.25) is 0 Å². The highest BCUT2D eigenvalue weighted by Crippen LogP contribution is 2.32. The summed E-state index contributed by atoms with van der Waals surface area (Å²) in [5.74, 6) is -12.0. The van der Waals surface area contributed by atoms with Crippen molar-refractivity contribution in [2.75, 3.05) is 0 Å². The Morgan fingerprint density at radius 1 is 0.963 bits per heavy atom. The summed E-state index contributed by atoms with van der Waals surface area (Å²) in [6, 6.07) is 5.55. The van der Waals surface area contributed by atoms with Gasteiger partial charge in [-0.15, -0.1) is 13.2 Å². The molecule has 27 heavy (non-hydrogen) atoms. The quantitative estimate of drug-likeness (QED) is 0.302. The first-order valence-corrected chi connectivity index (χ1v) is 7.07. The molecule has 2 rings (SSSR count). The van der Waals surface area contributed by atoms with Crippen molar-refractivity contribution in [1.29, 1.82) is 0 Å². The molecule has 3 nitrogen and oxygen atoms in total.